The maximum Gasteiger partial charge on any atom is 0.280 e. The van der Waals surface area contributed by atoms with Gasteiger partial charge in [-0.05, 0) is 30.7 Å². The molecule has 5 nitrogen and oxygen atoms in total. The number of carbonyl (C=O) groups is 1. The highest BCUT2D eigenvalue weighted by Crippen LogP contribution is 2.15. The molecule has 1 atom stereocenters. The molecule has 2 aromatic rings. The first kappa shape index (κ1) is 15.4. The first-order valence-corrected chi connectivity index (χ1v) is 6.59. The summed E-state index contributed by atoms with van der Waals surface area (Å²) in [7, 11) is 0. The molecule has 0 spiro atoms. The van der Waals surface area contributed by atoms with Gasteiger partial charge < -0.3 is 5.32 Å². The zero-order valence-electron chi connectivity index (χ0n) is 11.9. The monoisotopic (exact) mass is 299 g/mol. The minimum absolute atomic E-state index is 0.0358. The second-order valence-corrected chi connectivity index (χ2v) is 4.61. The van der Waals surface area contributed by atoms with Crippen LogP contribution in [0.15, 0.2) is 41.3 Å². The van der Waals surface area contributed by atoms with Gasteiger partial charge in [0.25, 0.3) is 11.5 Å². The minimum atomic E-state index is -0.551. The zero-order valence-corrected chi connectivity index (χ0v) is 11.9. The van der Waals surface area contributed by atoms with E-state index in [1.54, 1.807) is 19.1 Å². The van der Waals surface area contributed by atoms with Gasteiger partial charge in [0, 0.05) is 6.20 Å². The largest absolute Gasteiger partial charge is 0.341 e. The van der Waals surface area contributed by atoms with Crippen LogP contribution in [-0.4, -0.2) is 22.2 Å². The highest BCUT2D eigenvalue weighted by Gasteiger charge is 2.16. The van der Waals surface area contributed by atoms with Crippen LogP contribution < -0.4 is 10.9 Å². The first-order valence-electron chi connectivity index (χ1n) is 6.59. The summed E-state index contributed by atoms with van der Waals surface area (Å²) < 4.78 is 14.1. The molecule has 22 heavy (non-hydrogen) atoms. The predicted molar refractivity (Wildman–Crippen MR) is 79.9 cm³/mol. The smallest absolute Gasteiger partial charge is 0.280 e. The quantitative estimate of drug-likeness (QED) is 0.867. The summed E-state index contributed by atoms with van der Waals surface area (Å²) in [5.41, 5.74) is 0.130. The number of halogens is 1. The molecule has 1 unspecified atom stereocenters. The van der Waals surface area contributed by atoms with Crippen LogP contribution in [0.3, 0.4) is 0 Å². The summed E-state index contributed by atoms with van der Waals surface area (Å²) in [4.78, 5) is 24.3. The third-order valence-corrected chi connectivity index (χ3v) is 3.19. The molecule has 6 heteroatoms. The van der Waals surface area contributed by atoms with E-state index in [1.807, 2.05) is 0 Å². The van der Waals surface area contributed by atoms with E-state index in [1.165, 1.54) is 29.1 Å². The second-order valence-electron chi connectivity index (χ2n) is 4.61. The lowest BCUT2D eigenvalue weighted by Crippen LogP contribution is -2.35. The SMILES string of the molecule is C#CCNC(=O)c1ccnn(C(C)c2ccc(F)cc2)c1=O. The number of hydrogen-bond acceptors (Lipinski definition) is 3. The van der Waals surface area contributed by atoms with Crippen molar-refractivity contribution in [3.63, 3.8) is 0 Å². The fourth-order valence-electron chi connectivity index (χ4n) is 1.98. The van der Waals surface area contributed by atoms with Gasteiger partial charge >= 0.3 is 0 Å². The van der Waals surface area contributed by atoms with Crippen molar-refractivity contribution in [1.82, 2.24) is 15.1 Å². The lowest BCUT2D eigenvalue weighted by molar-refractivity contribution is 0.0956. The van der Waals surface area contributed by atoms with Gasteiger partial charge in [0.1, 0.15) is 11.4 Å². The van der Waals surface area contributed by atoms with Crippen molar-refractivity contribution < 1.29 is 9.18 Å². The Kier molecular flexibility index (Phi) is 4.69. The van der Waals surface area contributed by atoms with E-state index in [-0.39, 0.29) is 17.9 Å². The maximum atomic E-state index is 13.0. The Morgan fingerprint density at radius 2 is 2.09 bits per heavy atom. The molecule has 1 aromatic heterocycles. The molecule has 0 saturated heterocycles. The van der Waals surface area contributed by atoms with Gasteiger partial charge in [-0.25, -0.2) is 9.07 Å². The molecule has 0 aliphatic heterocycles. The Morgan fingerprint density at radius 1 is 1.41 bits per heavy atom. The van der Waals surface area contributed by atoms with Crippen LogP contribution in [0.5, 0.6) is 0 Å². The third-order valence-electron chi connectivity index (χ3n) is 3.19. The molecule has 1 heterocycles. The summed E-state index contributed by atoms with van der Waals surface area (Å²) in [6, 6.07) is 6.65. The van der Waals surface area contributed by atoms with E-state index in [2.05, 4.69) is 16.3 Å². The summed E-state index contributed by atoms with van der Waals surface area (Å²) >= 11 is 0. The van der Waals surface area contributed by atoms with Gasteiger partial charge in [0.15, 0.2) is 0 Å². The molecule has 2 rings (SSSR count). The van der Waals surface area contributed by atoms with Crippen LogP contribution in [-0.2, 0) is 0 Å². The van der Waals surface area contributed by atoms with E-state index in [0.717, 1.165) is 0 Å². The topological polar surface area (TPSA) is 64.0 Å². The molecule has 0 radical (unpaired) electrons. The summed E-state index contributed by atoms with van der Waals surface area (Å²) in [6.07, 6.45) is 6.44. The molecule has 1 aromatic carbocycles. The Labute approximate surface area is 126 Å². The van der Waals surface area contributed by atoms with Crippen LogP contribution >= 0.6 is 0 Å². The predicted octanol–water partition coefficient (Wildman–Crippen LogP) is 1.35. The maximum absolute atomic E-state index is 13.0. The average molecular weight is 299 g/mol. The molecule has 112 valence electrons. The Bertz CT molecular complexity index is 775. The first-order chi connectivity index (χ1) is 10.5. The van der Waals surface area contributed by atoms with Gasteiger partial charge in [0.05, 0.1) is 12.6 Å². The van der Waals surface area contributed by atoms with Crippen LogP contribution in [0.1, 0.15) is 28.9 Å². The standard InChI is InChI=1S/C16H14FN3O2/c1-3-9-18-15(21)14-8-10-19-20(16(14)22)11(2)12-4-6-13(17)7-5-12/h1,4-8,10-11H,9H2,2H3,(H,18,21). The normalized spacial score (nSPS) is 11.5. The van der Waals surface area contributed by atoms with Gasteiger partial charge in [-0.15, -0.1) is 6.42 Å². The fraction of sp³-hybridized carbons (Fsp3) is 0.188. The number of terminal acetylenes is 1. The van der Waals surface area contributed by atoms with E-state index < -0.39 is 17.5 Å². The van der Waals surface area contributed by atoms with Crippen molar-refractivity contribution in [3.05, 3.63) is 63.8 Å². The van der Waals surface area contributed by atoms with Crippen LogP contribution in [0, 0.1) is 18.2 Å². The second kappa shape index (κ2) is 6.68. The molecule has 1 amide bonds. The number of rotatable bonds is 4. The van der Waals surface area contributed by atoms with E-state index in [9.17, 15) is 14.0 Å². The summed E-state index contributed by atoms with van der Waals surface area (Å²) in [5.74, 6) is 1.35. The Morgan fingerprint density at radius 3 is 2.73 bits per heavy atom. The number of benzene rings is 1. The molecule has 0 saturated carbocycles. The number of aromatic nitrogens is 2. The molecular weight excluding hydrogens is 285 g/mol. The number of nitrogens with zero attached hydrogens (tertiary/aromatic N) is 2. The van der Waals surface area contributed by atoms with Gasteiger partial charge in [0.2, 0.25) is 0 Å². The Hall–Kier alpha value is -2.94. The Balaban J connectivity index is 2.36. The van der Waals surface area contributed by atoms with Crippen molar-refractivity contribution in [3.8, 4) is 12.3 Å². The van der Waals surface area contributed by atoms with Crippen molar-refractivity contribution >= 4 is 5.91 Å². The van der Waals surface area contributed by atoms with E-state index in [4.69, 9.17) is 6.42 Å². The lowest BCUT2D eigenvalue weighted by Gasteiger charge is -2.14. The molecule has 1 N–H and O–H groups in total. The number of carbonyl (C=O) groups excluding carboxylic acids is 1. The van der Waals surface area contributed by atoms with Gasteiger partial charge in [-0.3, -0.25) is 9.59 Å². The van der Waals surface area contributed by atoms with Crippen molar-refractivity contribution in [2.45, 2.75) is 13.0 Å². The molecular formula is C16H14FN3O2. The van der Waals surface area contributed by atoms with Crippen LogP contribution in [0.4, 0.5) is 4.39 Å². The van der Waals surface area contributed by atoms with E-state index >= 15 is 0 Å². The molecule has 0 aliphatic rings. The summed E-state index contributed by atoms with van der Waals surface area (Å²) in [6.45, 7) is 1.78. The number of hydrogen-bond donors (Lipinski definition) is 1. The zero-order chi connectivity index (χ0) is 16.1. The average Bonchev–Trinajstić information content (AvgIpc) is 2.53. The molecule has 0 fully saturated rings. The van der Waals surface area contributed by atoms with Crippen LogP contribution in [0.2, 0.25) is 0 Å². The molecule has 0 bridgehead atoms. The van der Waals surface area contributed by atoms with Gasteiger partial charge in [-0.2, -0.15) is 5.10 Å². The highest BCUT2D eigenvalue weighted by atomic mass is 19.1. The molecule has 0 aliphatic carbocycles. The van der Waals surface area contributed by atoms with Crippen molar-refractivity contribution in [1.29, 1.82) is 0 Å². The number of nitrogens with one attached hydrogen (secondary N) is 1. The van der Waals surface area contributed by atoms with Crippen molar-refractivity contribution in [2.75, 3.05) is 6.54 Å². The van der Waals surface area contributed by atoms with Gasteiger partial charge in [-0.1, -0.05) is 18.1 Å². The van der Waals surface area contributed by atoms with Crippen molar-refractivity contribution in [2.24, 2.45) is 0 Å². The highest BCUT2D eigenvalue weighted by molar-refractivity contribution is 5.93. The lowest BCUT2D eigenvalue weighted by atomic mass is 10.1. The van der Waals surface area contributed by atoms with E-state index in [0.29, 0.717) is 5.56 Å². The number of amides is 1. The summed E-state index contributed by atoms with van der Waals surface area (Å²) in [5, 5.41) is 6.43. The van der Waals surface area contributed by atoms with Crippen LogP contribution in [0.25, 0.3) is 0 Å². The minimum Gasteiger partial charge on any atom is -0.341 e. The third kappa shape index (κ3) is 3.20. The fourth-order valence-corrected chi connectivity index (χ4v) is 1.98.